The Kier molecular flexibility index (Phi) is 15.4. The summed E-state index contributed by atoms with van der Waals surface area (Å²) in [5.41, 5.74) is 6.19. The molecule has 0 aliphatic carbocycles. The molecular weight excluding hydrogens is 450 g/mol. The fourth-order valence-corrected chi connectivity index (χ4v) is 4.25. The van der Waals surface area contributed by atoms with Crippen LogP contribution in [-0.2, 0) is 19.2 Å². The van der Waals surface area contributed by atoms with E-state index in [-0.39, 0.29) is 32.1 Å². The zero-order valence-corrected chi connectivity index (χ0v) is 22.1. The molecule has 4 amide bonds. The van der Waals surface area contributed by atoms with E-state index in [1.54, 1.807) is 7.05 Å². The second-order valence-corrected chi connectivity index (χ2v) is 9.33. The molecule has 1 heterocycles. The Labute approximate surface area is 210 Å². The quantitative estimate of drug-likeness (QED) is 0.164. The summed E-state index contributed by atoms with van der Waals surface area (Å²) in [7, 11) is 3.68. The summed E-state index contributed by atoms with van der Waals surface area (Å²) in [4.78, 5) is 55.9. The molecular formula is C24H47N7O4. The highest BCUT2D eigenvalue weighted by molar-refractivity contribution is 5.98. The molecule has 1 aliphatic heterocycles. The van der Waals surface area contributed by atoms with Crippen molar-refractivity contribution >= 4 is 24.1 Å². The molecule has 1 saturated heterocycles. The van der Waals surface area contributed by atoms with Crippen LogP contribution in [0.25, 0.3) is 0 Å². The third kappa shape index (κ3) is 12.4. The van der Waals surface area contributed by atoms with Gasteiger partial charge in [0.1, 0.15) is 6.54 Å². The van der Waals surface area contributed by atoms with Crippen molar-refractivity contribution in [3.05, 3.63) is 0 Å². The lowest BCUT2D eigenvalue weighted by Gasteiger charge is -2.27. The van der Waals surface area contributed by atoms with Crippen molar-refractivity contribution in [2.24, 2.45) is 5.73 Å². The van der Waals surface area contributed by atoms with E-state index in [4.69, 9.17) is 5.73 Å². The van der Waals surface area contributed by atoms with Crippen LogP contribution in [0.5, 0.6) is 0 Å². The van der Waals surface area contributed by atoms with Crippen LogP contribution in [-0.4, -0.2) is 129 Å². The van der Waals surface area contributed by atoms with Crippen LogP contribution in [0.1, 0.15) is 46.0 Å². The lowest BCUT2D eigenvalue weighted by Crippen LogP contribution is -2.51. The number of nitrogens with zero attached hydrogens (tertiary/aromatic N) is 4. The van der Waals surface area contributed by atoms with Gasteiger partial charge in [0.25, 0.3) is 0 Å². The molecule has 0 aromatic rings. The molecule has 0 aromatic heterocycles. The molecule has 0 radical (unpaired) electrons. The highest BCUT2D eigenvalue weighted by Gasteiger charge is 2.27. The number of nitrogens with one attached hydrogen (secondary N) is 2. The van der Waals surface area contributed by atoms with E-state index in [2.05, 4.69) is 41.3 Å². The van der Waals surface area contributed by atoms with Gasteiger partial charge in [-0.1, -0.05) is 13.8 Å². The lowest BCUT2D eigenvalue weighted by atomic mass is 10.0. The molecule has 202 valence electrons. The molecule has 1 rings (SSSR count). The standard InChI is InChI=1S/C24H47N7O4/c1-5-30(6-2)14-8-12-26-17-22(33)27-23(34)18-31(16-15-28(3)19-32)24(35)21(25)11-10-20-9-7-13-29(20)4/h19-21,26H,5-18,25H2,1-4H3,(H,27,33,34)/t20-,21-/m0/s1. The SMILES string of the molecule is CCN(CC)CCCNCC(=O)NC(=O)CN(CCN(C)C=O)C(=O)[C@@H](N)CC[C@@H]1CCCN1C. The zero-order valence-electron chi connectivity index (χ0n) is 22.1. The molecule has 2 atom stereocenters. The van der Waals surface area contributed by atoms with Gasteiger partial charge in [-0.15, -0.1) is 0 Å². The Bertz CT molecular complexity index is 660. The van der Waals surface area contributed by atoms with Gasteiger partial charge < -0.3 is 30.7 Å². The minimum Gasteiger partial charge on any atom is -0.347 e. The Balaban J connectivity index is 2.50. The van der Waals surface area contributed by atoms with Crippen LogP contribution in [0, 0.1) is 0 Å². The number of likely N-dealkylation sites (N-methyl/N-ethyl adjacent to an activating group) is 1. The van der Waals surface area contributed by atoms with Crippen LogP contribution in [0.15, 0.2) is 0 Å². The molecule has 35 heavy (non-hydrogen) atoms. The first-order chi connectivity index (χ1) is 16.7. The van der Waals surface area contributed by atoms with E-state index >= 15 is 0 Å². The van der Waals surface area contributed by atoms with Crippen LogP contribution in [0.4, 0.5) is 0 Å². The van der Waals surface area contributed by atoms with Crippen LogP contribution in [0.3, 0.4) is 0 Å². The number of likely N-dealkylation sites (tertiary alicyclic amines) is 1. The van der Waals surface area contributed by atoms with Gasteiger partial charge in [0.15, 0.2) is 0 Å². The van der Waals surface area contributed by atoms with Crippen molar-refractivity contribution in [3.63, 3.8) is 0 Å². The molecule has 0 aromatic carbocycles. The van der Waals surface area contributed by atoms with Crippen LogP contribution >= 0.6 is 0 Å². The molecule has 0 unspecified atom stereocenters. The van der Waals surface area contributed by atoms with Crippen molar-refractivity contribution < 1.29 is 19.2 Å². The summed E-state index contributed by atoms with van der Waals surface area (Å²) < 4.78 is 0. The first-order valence-corrected chi connectivity index (χ1v) is 12.9. The number of nitrogens with two attached hydrogens (primary N) is 1. The van der Waals surface area contributed by atoms with Crippen molar-refractivity contribution in [2.75, 3.05) is 73.0 Å². The number of carbonyl (C=O) groups is 4. The molecule has 1 fully saturated rings. The highest BCUT2D eigenvalue weighted by atomic mass is 16.2. The van der Waals surface area contributed by atoms with Gasteiger partial charge in [-0.05, 0) is 71.9 Å². The smallest absolute Gasteiger partial charge is 0.246 e. The summed E-state index contributed by atoms with van der Waals surface area (Å²) >= 11 is 0. The summed E-state index contributed by atoms with van der Waals surface area (Å²) in [5, 5.41) is 5.38. The van der Waals surface area contributed by atoms with Crippen molar-refractivity contribution in [3.8, 4) is 0 Å². The number of rotatable bonds is 18. The highest BCUT2D eigenvalue weighted by Crippen LogP contribution is 2.20. The van der Waals surface area contributed by atoms with E-state index in [9.17, 15) is 19.2 Å². The predicted octanol–water partition coefficient (Wildman–Crippen LogP) is -0.931. The zero-order chi connectivity index (χ0) is 26.2. The van der Waals surface area contributed by atoms with E-state index in [0.29, 0.717) is 25.4 Å². The van der Waals surface area contributed by atoms with Gasteiger partial charge in [-0.25, -0.2) is 0 Å². The normalized spacial score (nSPS) is 16.8. The number of carbonyl (C=O) groups excluding carboxylic acids is 4. The predicted molar refractivity (Wildman–Crippen MR) is 137 cm³/mol. The Hall–Kier alpha value is -2.08. The maximum Gasteiger partial charge on any atom is 0.246 e. The summed E-state index contributed by atoms with van der Waals surface area (Å²) in [5.74, 6) is -1.35. The van der Waals surface area contributed by atoms with E-state index in [1.807, 2.05) is 0 Å². The molecule has 11 nitrogen and oxygen atoms in total. The van der Waals surface area contributed by atoms with E-state index in [0.717, 1.165) is 51.9 Å². The molecule has 4 N–H and O–H groups in total. The average molecular weight is 498 g/mol. The second-order valence-electron chi connectivity index (χ2n) is 9.33. The maximum absolute atomic E-state index is 13.0. The minimum atomic E-state index is -0.735. The average Bonchev–Trinajstić information content (AvgIpc) is 3.26. The molecule has 11 heteroatoms. The van der Waals surface area contributed by atoms with Gasteiger partial charge in [0.05, 0.1) is 12.6 Å². The van der Waals surface area contributed by atoms with Gasteiger partial charge in [-0.3, -0.25) is 24.5 Å². The Morgan fingerprint density at radius 2 is 1.86 bits per heavy atom. The monoisotopic (exact) mass is 497 g/mol. The number of amides is 4. The number of hydrogen-bond donors (Lipinski definition) is 3. The Morgan fingerprint density at radius 3 is 2.46 bits per heavy atom. The van der Waals surface area contributed by atoms with Gasteiger partial charge in [0.2, 0.25) is 24.1 Å². The van der Waals surface area contributed by atoms with Gasteiger partial charge in [-0.2, -0.15) is 0 Å². The second kappa shape index (κ2) is 17.4. The lowest BCUT2D eigenvalue weighted by molar-refractivity contribution is -0.139. The fourth-order valence-electron chi connectivity index (χ4n) is 4.25. The summed E-state index contributed by atoms with van der Waals surface area (Å²) in [6.45, 7) is 9.06. The third-order valence-corrected chi connectivity index (χ3v) is 6.64. The molecule has 0 saturated carbocycles. The van der Waals surface area contributed by atoms with Crippen molar-refractivity contribution in [1.82, 2.24) is 30.2 Å². The first-order valence-electron chi connectivity index (χ1n) is 12.9. The number of imide groups is 1. The minimum absolute atomic E-state index is 0.0280. The molecule has 0 spiro atoms. The topological polar surface area (TPSA) is 131 Å². The van der Waals surface area contributed by atoms with Crippen LogP contribution in [0.2, 0.25) is 0 Å². The van der Waals surface area contributed by atoms with E-state index < -0.39 is 17.9 Å². The molecule has 0 bridgehead atoms. The van der Waals surface area contributed by atoms with Crippen molar-refractivity contribution in [1.29, 1.82) is 0 Å². The van der Waals surface area contributed by atoms with E-state index in [1.165, 1.54) is 9.80 Å². The van der Waals surface area contributed by atoms with Crippen LogP contribution < -0.4 is 16.4 Å². The fraction of sp³-hybridized carbons (Fsp3) is 0.833. The number of hydrogen-bond acceptors (Lipinski definition) is 8. The first kappa shape index (κ1) is 31.0. The Morgan fingerprint density at radius 1 is 1.14 bits per heavy atom. The largest absolute Gasteiger partial charge is 0.347 e. The summed E-state index contributed by atoms with van der Waals surface area (Å²) in [6.07, 6.45) is 5.15. The van der Waals surface area contributed by atoms with Gasteiger partial charge in [0, 0.05) is 26.2 Å². The molecule has 1 aliphatic rings. The maximum atomic E-state index is 13.0. The van der Waals surface area contributed by atoms with Crippen molar-refractivity contribution in [2.45, 2.75) is 58.0 Å². The van der Waals surface area contributed by atoms with Gasteiger partial charge >= 0.3 is 0 Å². The summed E-state index contributed by atoms with van der Waals surface area (Å²) in [6, 6.07) is -0.314. The third-order valence-electron chi connectivity index (χ3n) is 6.64.